The molecule has 0 aliphatic rings. The third-order valence-corrected chi connectivity index (χ3v) is 2.96. The Balaban J connectivity index is 2.13. The molecule has 7 heteroatoms. The summed E-state index contributed by atoms with van der Waals surface area (Å²) < 4.78 is 28.3. The number of hydrogen-bond acceptors (Lipinski definition) is 4. The summed E-state index contributed by atoms with van der Waals surface area (Å²) in [7, 11) is 0. The summed E-state index contributed by atoms with van der Waals surface area (Å²) in [5.74, 6) is -1.17. The minimum atomic E-state index is -0.647. The van der Waals surface area contributed by atoms with E-state index >= 15 is 0 Å². The first-order chi connectivity index (χ1) is 10.1. The highest BCUT2D eigenvalue weighted by atomic mass is 19.1. The lowest BCUT2D eigenvalue weighted by Crippen LogP contribution is -2.02. The van der Waals surface area contributed by atoms with Crippen LogP contribution in [0.5, 0.6) is 5.75 Å². The highest BCUT2D eigenvalue weighted by molar-refractivity contribution is 5.71. The monoisotopic (exact) mass is 288 g/mol. The van der Waals surface area contributed by atoms with Gasteiger partial charge < -0.3 is 10.8 Å². The SMILES string of the molecule is Nc1c(-c2cc(F)ccc2F)nnn1-c1cccc(O)c1. The molecule has 0 atom stereocenters. The molecule has 0 saturated heterocycles. The second-order valence-electron chi connectivity index (χ2n) is 4.38. The first kappa shape index (κ1) is 13.0. The summed E-state index contributed by atoms with van der Waals surface area (Å²) in [6.45, 7) is 0. The molecule has 0 aliphatic carbocycles. The summed E-state index contributed by atoms with van der Waals surface area (Å²) in [5, 5.41) is 17.1. The van der Waals surface area contributed by atoms with E-state index in [0.29, 0.717) is 5.69 Å². The molecule has 3 rings (SSSR count). The van der Waals surface area contributed by atoms with Gasteiger partial charge in [0.1, 0.15) is 23.1 Å². The number of anilines is 1. The fourth-order valence-electron chi connectivity index (χ4n) is 1.98. The van der Waals surface area contributed by atoms with Crippen LogP contribution < -0.4 is 5.73 Å². The van der Waals surface area contributed by atoms with Crippen molar-refractivity contribution in [3.63, 3.8) is 0 Å². The van der Waals surface area contributed by atoms with Crippen LogP contribution in [-0.2, 0) is 0 Å². The number of aromatic nitrogens is 3. The summed E-state index contributed by atoms with van der Waals surface area (Å²) in [6, 6.07) is 9.18. The quantitative estimate of drug-likeness (QED) is 0.759. The number of nitrogens with zero attached hydrogens (tertiary/aromatic N) is 3. The fourth-order valence-corrected chi connectivity index (χ4v) is 1.98. The first-order valence-corrected chi connectivity index (χ1v) is 6.02. The van der Waals surface area contributed by atoms with E-state index in [1.54, 1.807) is 12.1 Å². The van der Waals surface area contributed by atoms with E-state index in [0.717, 1.165) is 18.2 Å². The highest BCUT2D eigenvalue weighted by Crippen LogP contribution is 2.28. The predicted octanol–water partition coefficient (Wildman–Crippen LogP) is 2.50. The molecule has 0 aliphatic heterocycles. The molecule has 0 amide bonds. The van der Waals surface area contributed by atoms with E-state index in [1.807, 2.05) is 0 Å². The van der Waals surface area contributed by atoms with E-state index in [-0.39, 0.29) is 22.8 Å². The van der Waals surface area contributed by atoms with Crippen LogP contribution in [0.25, 0.3) is 16.9 Å². The number of rotatable bonds is 2. The minimum absolute atomic E-state index is 0.0286. The van der Waals surface area contributed by atoms with Crippen LogP contribution in [-0.4, -0.2) is 20.1 Å². The molecule has 1 aromatic heterocycles. The Hall–Kier alpha value is -2.96. The molecule has 0 radical (unpaired) electrons. The molecule has 2 aromatic carbocycles. The lowest BCUT2D eigenvalue weighted by atomic mass is 10.1. The molecule has 0 fully saturated rings. The molecule has 0 spiro atoms. The van der Waals surface area contributed by atoms with Crippen molar-refractivity contribution >= 4 is 5.82 Å². The maximum atomic E-state index is 13.8. The van der Waals surface area contributed by atoms with Gasteiger partial charge in [0.05, 0.1) is 5.69 Å². The average molecular weight is 288 g/mol. The maximum absolute atomic E-state index is 13.8. The van der Waals surface area contributed by atoms with Gasteiger partial charge in [-0.05, 0) is 30.3 Å². The largest absolute Gasteiger partial charge is 0.508 e. The van der Waals surface area contributed by atoms with Gasteiger partial charge in [0.2, 0.25) is 0 Å². The van der Waals surface area contributed by atoms with Crippen LogP contribution in [0.15, 0.2) is 42.5 Å². The van der Waals surface area contributed by atoms with Gasteiger partial charge in [-0.1, -0.05) is 11.3 Å². The Labute approximate surface area is 118 Å². The molecule has 1 heterocycles. The van der Waals surface area contributed by atoms with Crippen molar-refractivity contribution in [2.24, 2.45) is 0 Å². The van der Waals surface area contributed by atoms with Gasteiger partial charge in [-0.25, -0.2) is 8.78 Å². The van der Waals surface area contributed by atoms with Crippen molar-refractivity contribution in [1.29, 1.82) is 0 Å². The summed E-state index contributed by atoms with van der Waals surface area (Å²) in [6.07, 6.45) is 0. The highest BCUT2D eigenvalue weighted by Gasteiger charge is 2.17. The first-order valence-electron chi connectivity index (χ1n) is 6.02. The van der Waals surface area contributed by atoms with E-state index in [1.165, 1.54) is 16.8 Å². The molecule has 0 saturated carbocycles. The number of benzene rings is 2. The number of halogens is 2. The number of nitrogens with two attached hydrogens (primary N) is 1. The molecule has 3 aromatic rings. The molecular weight excluding hydrogens is 278 g/mol. The van der Waals surface area contributed by atoms with Crippen LogP contribution in [0.3, 0.4) is 0 Å². The van der Waals surface area contributed by atoms with E-state index in [4.69, 9.17) is 5.73 Å². The zero-order valence-electron chi connectivity index (χ0n) is 10.7. The number of phenols is 1. The topological polar surface area (TPSA) is 77.0 Å². The molecule has 5 nitrogen and oxygen atoms in total. The Morgan fingerprint density at radius 2 is 1.90 bits per heavy atom. The number of phenolic OH excluding ortho intramolecular Hbond substituents is 1. The Kier molecular flexibility index (Phi) is 3.02. The van der Waals surface area contributed by atoms with Crippen molar-refractivity contribution in [1.82, 2.24) is 15.0 Å². The number of aromatic hydroxyl groups is 1. The summed E-state index contributed by atoms with van der Waals surface area (Å²) >= 11 is 0. The smallest absolute Gasteiger partial charge is 0.156 e. The van der Waals surface area contributed by atoms with Gasteiger partial charge in [-0.3, -0.25) is 0 Å². The van der Waals surface area contributed by atoms with Crippen LogP contribution in [0, 0.1) is 11.6 Å². The van der Waals surface area contributed by atoms with Crippen molar-refractivity contribution in [2.75, 3.05) is 5.73 Å². The van der Waals surface area contributed by atoms with Gasteiger partial charge in [0.15, 0.2) is 5.82 Å². The lowest BCUT2D eigenvalue weighted by Gasteiger charge is -2.04. The third kappa shape index (κ3) is 2.29. The van der Waals surface area contributed by atoms with Crippen LogP contribution >= 0.6 is 0 Å². The molecule has 0 unspecified atom stereocenters. The maximum Gasteiger partial charge on any atom is 0.156 e. The van der Waals surface area contributed by atoms with Gasteiger partial charge in [-0.15, -0.1) is 5.10 Å². The van der Waals surface area contributed by atoms with Gasteiger partial charge >= 0.3 is 0 Å². The zero-order chi connectivity index (χ0) is 15.0. The Bertz CT molecular complexity index is 816. The van der Waals surface area contributed by atoms with Crippen LogP contribution in [0.2, 0.25) is 0 Å². The van der Waals surface area contributed by atoms with Gasteiger partial charge in [-0.2, -0.15) is 4.68 Å². The fraction of sp³-hybridized carbons (Fsp3) is 0. The zero-order valence-corrected chi connectivity index (χ0v) is 10.7. The number of hydrogen-bond donors (Lipinski definition) is 2. The van der Waals surface area contributed by atoms with Crippen molar-refractivity contribution in [2.45, 2.75) is 0 Å². The van der Waals surface area contributed by atoms with Gasteiger partial charge in [0, 0.05) is 11.6 Å². The minimum Gasteiger partial charge on any atom is -0.508 e. The van der Waals surface area contributed by atoms with Crippen LogP contribution in [0.1, 0.15) is 0 Å². The summed E-state index contributed by atoms with van der Waals surface area (Å²) in [4.78, 5) is 0. The van der Waals surface area contributed by atoms with Crippen molar-refractivity contribution in [3.8, 4) is 22.7 Å². The van der Waals surface area contributed by atoms with E-state index < -0.39 is 11.6 Å². The van der Waals surface area contributed by atoms with Crippen molar-refractivity contribution < 1.29 is 13.9 Å². The molecular formula is C14H10F2N4O. The Morgan fingerprint density at radius 1 is 1.10 bits per heavy atom. The Morgan fingerprint density at radius 3 is 2.67 bits per heavy atom. The van der Waals surface area contributed by atoms with Crippen LogP contribution in [0.4, 0.5) is 14.6 Å². The van der Waals surface area contributed by atoms with E-state index in [9.17, 15) is 13.9 Å². The molecule has 106 valence electrons. The predicted molar refractivity (Wildman–Crippen MR) is 72.8 cm³/mol. The number of nitrogen functional groups attached to an aromatic ring is 1. The van der Waals surface area contributed by atoms with Gasteiger partial charge in [0.25, 0.3) is 0 Å². The summed E-state index contributed by atoms with van der Waals surface area (Å²) in [5.41, 5.74) is 6.33. The standard InChI is InChI=1S/C14H10F2N4O/c15-8-4-5-12(16)11(6-8)13-14(17)20(19-18-13)9-2-1-3-10(21)7-9/h1-7,21H,17H2. The molecule has 0 bridgehead atoms. The molecule has 21 heavy (non-hydrogen) atoms. The second kappa shape index (κ2) is 4.86. The molecule has 3 N–H and O–H groups in total. The van der Waals surface area contributed by atoms with Crippen molar-refractivity contribution in [3.05, 3.63) is 54.1 Å². The third-order valence-electron chi connectivity index (χ3n) is 2.96. The van der Waals surface area contributed by atoms with E-state index in [2.05, 4.69) is 10.3 Å². The lowest BCUT2D eigenvalue weighted by molar-refractivity contribution is 0.475. The normalized spacial score (nSPS) is 10.8. The second-order valence-corrected chi connectivity index (χ2v) is 4.38. The average Bonchev–Trinajstić information content (AvgIpc) is 2.83.